The van der Waals surface area contributed by atoms with Crippen LogP contribution in [0.1, 0.15) is 34.5 Å². The average Bonchev–Trinajstić information content (AvgIpc) is 2.47. The van der Waals surface area contributed by atoms with Gasteiger partial charge in [0.2, 0.25) is 0 Å². The first kappa shape index (κ1) is 15.0. The zero-order chi connectivity index (χ0) is 15.4. The van der Waals surface area contributed by atoms with Crippen LogP contribution in [0.5, 0.6) is 0 Å². The second-order valence-electron chi connectivity index (χ2n) is 4.92. The van der Waals surface area contributed by atoms with E-state index in [-0.39, 0.29) is 17.8 Å². The maximum Gasteiger partial charge on any atom is 0.252 e. The van der Waals surface area contributed by atoms with Crippen LogP contribution in [-0.2, 0) is 0 Å². The zero-order valence-electron chi connectivity index (χ0n) is 12.0. The van der Waals surface area contributed by atoms with E-state index in [0.29, 0.717) is 5.56 Å². The van der Waals surface area contributed by atoms with Crippen LogP contribution >= 0.6 is 0 Å². The maximum absolute atomic E-state index is 12.9. The maximum atomic E-state index is 12.9. The quantitative estimate of drug-likeness (QED) is 0.598. The Bertz CT molecular complexity index is 640. The van der Waals surface area contributed by atoms with Gasteiger partial charge in [0.15, 0.2) is 0 Å². The topological polar surface area (TPSA) is 67.1 Å². The Hall–Kier alpha value is -2.40. The molecule has 4 nitrogen and oxygen atoms in total. The summed E-state index contributed by atoms with van der Waals surface area (Å²) in [4.78, 5) is 12.3. The molecule has 0 heterocycles. The van der Waals surface area contributed by atoms with Crippen LogP contribution in [0.4, 0.5) is 10.1 Å². The Morgan fingerprint density at radius 1 is 1.19 bits per heavy atom. The van der Waals surface area contributed by atoms with E-state index in [0.717, 1.165) is 16.8 Å². The lowest BCUT2D eigenvalue weighted by molar-refractivity contribution is 0.0939. The SMILES string of the molecule is Cc1cc(NN)ccc1C(=O)NC(C)c1ccc(F)cc1. The molecule has 1 unspecified atom stereocenters. The molecule has 0 aliphatic carbocycles. The number of carbonyl (C=O) groups excluding carboxylic acids is 1. The fourth-order valence-corrected chi connectivity index (χ4v) is 2.12. The van der Waals surface area contributed by atoms with Gasteiger partial charge in [0, 0.05) is 11.3 Å². The number of anilines is 1. The molecule has 2 rings (SSSR count). The van der Waals surface area contributed by atoms with E-state index in [1.54, 1.807) is 30.3 Å². The highest BCUT2D eigenvalue weighted by atomic mass is 19.1. The van der Waals surface area contributed by atoms with Crippen molar-refractivity contribution in [3.63, 3.8) is 0 Å². The van der Waals surface area contributed by atoms with Crippen molar-refractivity contribution in [1.82, 2.24) is 5.32 Å². The summed E-state index contributed by atoms with van der Waals surface area (Å²) in [5, 5.41) is 2.90. The molecule has 0 spiro atoms. The van der Waals surface area contributed by atoms with Crippen molar-refractivity contribution in [2.75, 3.05) is 5.43 Å². The minimum atomic E-state index is -0.294. The highest BCUT2D eigenvalue weighted by Gasteiger charge is 2.13. The Labute approximate surface area is 123 Å². The average molecular weight is 287 g/mol. The highest BCUT2D eigenvalue weighted by Crippen LogP contribution is 2.17. The lowest BCUT2D eigenvalue weighted by atomic mass is 10.0. The van der Waals surface area contributed by atoms with E-state index in [1.807, 2.05) is 13.8 Å². The van der Waals surface area contributed by atoms with Crippen molar-refractivity contribution in [3.05, 3.63) is 65.0 Å². The first-order chi connectivity index (χ1) is 10.0. The third-order valence-electron chi connectivity index (χ3n) is 3.36. The molecular weight excluding hydrogens is 269 g/mol. The molecule has 110 valence electrons. The summed E-state index contributed by atoms with van der Waals surface area (Å²) in [6.45, 7) is 3.70. The predicted octanol–water partition coefficient (Wildman–Crippen LogP) is 2.91. The van der Waals surface area contributed by atoms with Crippen LogP contribution in [0.2, 0.25) is 0 Å². The molecule has 1 atom stereocenters. The van der Waals surface area contributed by atoms with Crippen LogP contribution in [0, 0.1) is 12.7 Å². The number of carbonyl (C=O) groups is 1. The molecule has 1 amide bonds. The number of hydrogen-bond acceptors (Lipinski definition) is 3. The second-order valence-corrected chi connectivity index (χ2v) is 4.92. The van der Waals surface area contributed by atoms with Crippen LogP contribution < -0.4 is 16.6 Å². The van der Waals surface area contributed by atoms with Crippen molar-refractivity contribution in [2.45, 2.75) is 19.9 Å². The number of nitrogens with two attached hydrogens (primary N) is 1. The van der Waals surface area contributed by atoms with Gasteiger partial charge >= 0.3 is 0 Å². The number of rotatable bonds is 4. The van der Waals surface area contributed by atoms with E-state index in [4.69, 9.17) is 5.84 Å². The molecule has 21 heavy (non-hydrogen) atoms. The van der Waals surface area contributed by atoms with Gasteiger partial charge in [-0.15, -0.1) is 0 Å². The molecule has 2 aromatic carbocycles. The first-order valence-electron chi connectivity index (χ1n) is 6.65. The minimum absolute atomic E-state index is 0.173. The highest BCUT2D eigenvalue weighted by molar-refractivity contribution is 5.96. The van der Waals surface area contributed by atoms with Gasteiger partial charge in [0.05, 0.1) is 6.04 Å². The van der Waals surface area contributed by atoms with Gasteiger partial charge in [-0.3, -0.25) is 10.6 Å². The largest absolute Gasteiger partial charge is 0.346 e. The van der Waals surface area contributed by atoms with Gasteiger partial charge in [-0.1, -0.05) is 12.1 Å². The van der Waals surface area contributed by atoms with Gasteiger partial charge < -0.3 is 10.7 Å². The smallest absolute Gasteiger partial charge is 0.252 e. The van der Waals surface area contributed by atoms with Crippen LogP contribution in [0.15, 0.2) is 42.5 Å². The lowest BCUT2D eigenvalue weighted by Crippen LogP contribution is -2.27. The van der Waals surface area contributed by atoms with Gasteiger partial charge in [0.25, 0.3) is 5.91 Å². The number of halogens is 1. The number of benzene rings is 2. The third kappa shape index (κ3) is 3.58. The number of nitrogens with one attached hydrogen (secondary N) is 2. The van der Waals surface area contributed by atoms with Gasteiger partial charge in [-0.25, -0.2) is 4.39 Å². The standard InChI is InChI=1S/C16H18FN3O/c1-10-9-14(20-18)7-8-15(10)16(21)19-11(2)12-3-5-13(17)6-4-12/h3-9,11,20H,18H2,1-2H3,(H,19,21). The summed E-state index contributed by atoms with van der Waals surface area (Å²) in [6, 6.07) is 11.1. The Kier molecular flexibility index (Phi) is 4.55. The van der Waals surface area contributed by atoms with Gasteiger partial charge in [-0.2, -0.15) is 0 Å². The molecule has 0 saturated carbocycles. The van der Waals surface area contributed by atoms with Gasteiger partial charge in [-0.05, 0) is 55.3 Å². The Morgan fingerprint density at radius 2 is 1.86 bits per heavy atom. The summed E-state index contributed by atoms with van der Waals surface area (Å²) in [6.07, 6.45) is 0. The van der Waals surface area contributed by atoms with E-state index in [1.165, 1.54) is 12.1 Å². The number of hydrazine groups is 1. The summed E-state index contributed by atoms with van der Waals surface area (Å²) in [7, 11) is 0. The fraction of sp³-hybridized carbons (Fsp3) is 0.188. The van der Waals surface area contributed by atoms with E-state index >= 15 is 0 Å². The number of hydrogen-bond donors (Lipinski definition) is 3. The predicted molar refractivity (Wildman–Crippen MR) is 81.3 cm³/mol. The van der Waals surface area contributed by atoms with Crippen molar-refractivity contribution in [1.29, 1.82) is 0 Å². The van der Waals surface area contributed by atoms with Crippen LogP contribution in [0.25, 0.3) is 0 Å². The zero-order valence-corrected chi connectivity index (χ0v) is 12.0. The van der Waals surface area contributed by atoms with Crippen molar-refractivity contribution in [2.24, 2.45) is 5.84 Å². The van der Waals surface area contributed by atoms with Crippen LogP contribution in [-0.4, -0.2) is 5.91 Å². The molecular formula is C16H18FN3O. The Balaban J connectivity index is 2.12. The fourth-order valence-electron chi connectivity index (χ4n) is 2.12. The third-order valence-corrected chi connectivity index (χ3v) is 3.36. The summed E-state index contributed by atoms with van der Waals surface area (Å²) < 4.78 is 12.9. The van der Waals surface area contributed by atoms with Crippen molar-refractivity contribution < 1.29 is 9.18 Å². The minimum Gasteiger partial charge on any atom is -0.346 e. The molecule has 4 N–H and O–H groups in total. The Morgan fingerprint density at radius 3 is 2.43 bits per heavy atom. The molecule has 0 saturated heterocycles. The monoisotopic (exact) mass is 287 g/mol. The van der Waals surface area contributed by atoms with E-state index < -0.39 is 0 Å². The molecule has 0 fully saturated rings. The normalized spacial score (nSPS) is 11.8. The first-order valence-corrected chi connectivity index (χ1v) is 6.65. The van der Waals surface area contributed by atoms with Crippen molar-refractivity contribution >= 4 is 11.6 Å². The molecule has 5 heteroatoms. The summed E-state index contributed by atoms with van der Waals surface area (Å²) in [5.74, 6) is 4.87. The van der Waals surface area contributed by atoms with Crippen LogP contribution in [0.3, 0.4) is 0 Å². The molecule has 0 aliphatic heterocycles. The number of nitrogen functional groups attached to an aromatic ring is 1. The molecule has 0 aliphatic rings. The molecule has 2 aromatic rings. The molecule has 0 aromatic heterocycles. The van der Waals surface area contributed by atoms with E-state index in [2.05, 4.69) is 10.7 Å². The van der Waals surface area contributed by atoms with Gasteiger partial charge in [0.1, 0.15) is 5.82 Å². The van der Waals surface area contributed by atoms with Crippen molar-refractivity contribution in [3.8, 4) is 0 Å². The lowest BCUT2D eigenvalue weighted by Gasteiger charge is -2.15. The second kappa shape index (κ2) is 6.37. The summed E-state index contributed by atoms with van der Waals surface area (Å²) >= 11 is 0. The molecule has 0 bridgehead atoms. The number of amides is 1. The molecule has 0 radical (unpaired) electrons. The number of aryl methyl sites for hydroxylation is 1. The summed E-state index contributed by atoms with van der Waals surface area (Å²) in [5.41, 5.74) is 5.55. The van der Waals surface area contributed by atoms with E-state index in [9.17, 15) is 9.18 Å².